The van der Waals surface area contributed by atoms with E-state index >= 15 is 0 Å². The molecule has 1 aliphatic rings. The number of hydrogen-bond acceptors (Lipinski definition) is 1. The van der Waals surface area contributed by atoms with Crippen LogP contribution in [0.25, 0.3) is 0 Å². The standard InChI is InChI=1S/C16H23F2N/c1-11(2)12-6-3-4-9-16(12)19-10-13-14(17)7-5-8-15(13)18/h5,7-8,11-12,16,19H,3-4,6,9-10H2,1-2H3. The third kappa shape index (κ3) is 3.53. The molecule has 106 valence electrons. The molecule has 0 heterocycles. The Morgan fingerprint density at radius 2 is 1.79 bits per heavy atom. The minimum atomic E-state index is -0.454. The average Bonchev–Trinajstić information content (AvgIpc) is 2.38. The van der Waals surface area contributed by atoms with Gasteiger partial charge < -0.3 is 5.32 Å². The van der Waals surface area contributed by atoms with Gasteiger partial charge in [-0.25, -0.2) is 8.78 Å². The van der Waals surface area contributed by atoms with Crippen molar-refractivity contribution in [3.05, 3.63) is 35.4 Å². The Morgan fingerprint density at radius 1 is 1.16 bits per heavy atom. The Bertz CT molecular complexity index is 397. The van der Waals surface area contributed by atoms with Crippen molar-refractivity contribution >= 4 is 0 Å². The van der Waals surface area contributed by atoms with E-state index in [-0.39, 0.29) is 12.1 Å². The van der Waals surface area contributed by atoms with Gasteiger partial charge in [0.15, 0.2) is 0 Å². The van der Waals surface area contributed by atoms with Crippen molar-refractivity contribution < 1.29 is 8.78 Å². The van der Waals surface area contributed by atoms with Gasteiger partial charge in [-0.3, -0.25) is 0 Å². The first-order valence-electron chi connectivity index (χ1n) is 7.26. The summed E-state index contributed by atoms with van der Waals surface area (Å²) in [6.07, 6.45) is 4.81. The van der Waals surface area contributed by atoms with Crippen molar-refractivity contribution in [3.8, 4) is 0 Å². The van der Waals surface area contributed by atoms with Crippen molar-refractivity contribution in [2.24, 2.45) is 11.8 Å². The highest BCUT2D eigenvalue weighted by Gasteiger charge is 2.27. The summed E-state index contributed by atoms with van der Waals surface area (Å²) in [5.74, 6) is 0.320. The van der Waals surface area contributed by atoms with Crippen molar-refractivity contribution in [3.63, 3.8) is 0 Å². The number of benzene rings is 1. The minimum absolute atomic E-state index is 0.163. The SMILES string of the molecule is CC(C)C1CCCCC1NCc1c(F)cccc1F. The third-order valence-electron chi connectivity index (χ3n) is 4.28. The monoisotopic (exact) mass is 267 g/mol. The second kappa shape index (κ2) is 6.47. The van der Waals surface area contributed by atoms with E-state index in [1.165, 1.54) is 37.5 Å². The maximum Gasteiger partial charge on any atom is 0.130 e. The molecule has 0 radical (unpaired) electrons. The summed E-state index contributed by atoms with van der Waals surface area (Å²) >= 11 is 0. The zero-order valence-corrected chi connectivity index (χ0v) is 11.8. The van der Waals surface area contributed by atoms with E-state index in [0.29, 0.717) is 17.9 Å². The molecule has 1 aliphatic carbocycles. The fourth-order valence-electron chi connectivity index (χ4n) is 3.15. The second-order valence-electron chi connectivity index (χ2n) is 5.88. The van der Waals surface area contributed by atoms with Gasteiger partial charge in [0.05, 0.1) is 0 Å². The molecule has 0 amide bonds. The van der Waals surface area contributed by atoms with E-state index in [4.69, 9.17) is 0 Å². The molecule has 1 saturated carbocycles. The molecule has 1 aromatic rings. The smallest absolute Gasteiger partial charge is 0.130 e. The Morgan fingerprint density at radius 3 is 2.42 bits per heavy atom. The Hall–Kier alpha value is -0.960. The van der Waals surface area contributed by atoms with Gasteiger partial charge in [-0.1, -0.05) is 32.8 Å². The van der Waals surface area contributed by atoms with Gasteiger partial charge in [-0.2, -0.15) is 0 Å². The largest absolute Gasteiger partial charge is 0.309 e. The van der Waals surface area contributed by atoms with Gasteiger partial charge in [0.25, 0.3) is 0 Å². The highest BCUT2D eigenvalue weighted by atomic mass is 19.1. The van der Waals surface area contributed by atoms with Crippen LogP contribution in [0.4, 0.5) is 8.78 Å². The van der Waals surface area contributed by atoms with Crippen molar-refractivity contribution in [1.82, 2.24) is 5.32 Å². The molecule has 1 nitrogen and oxygen atoms in total. The minimum Gasteiger partial charge on any atom is -0.309 e. The molecular formula is C16H23F2N. The molecule has 0 spiro atoms. The predicted molar refractivity (Wildman–Crippen MR) is 73.8 cm³/mol. The fraction of sp³-hybridized carbons (Fsp3) is 0.625. The molecule has 1 N–H and O–H groups in total. The van der Waals surface area contributed by atoms with E-state index in [9.17, 15) is 8.78 Å². The molecule has 0 aliphatic heterocycles. The van der Waals surface area contributed by atoms with Crippen molar-refractivity contribution in [1.29, 1.82) is 0 Å². The Balaban J connectivity index is 2.00. The molecule has 0 saturated heterocycles. The van der Waals surface area contributed by atoms with Crippen LogP contribution in [0, 0.1) is 23.5 Å². The van der Waals surface area contributed by atoms with E-state index in [2.05, 4.69) is 19.2 Å². The van der Waals surface area contributed by atoms with Gasteiger partial charge in [0.2, 0.25) is 0 Å². The summed E-state index contributed by atoms with van der Waals surface area (Å²) in [6, 6.07) is 4.43. The summed E-state index contributed by atoms with van der Waals surface area (Å²) in [5.41, 5.74) is 0.163. The van der Waals surface area contributed by atoms with Gasteiger partial charge >= 0.3 is 0 Å². The quantitative estimate of drug-likeness (QED) is 0.859. The summed E-state index contributed by atoms with van der Waals surface area (Å²) in [5, 5.41) is 3.37. The van der Waals surface area contributed by atoms with Crippen LogP contribution in [0.1, 0.15) is 45.1 Å². The first-order valence-corrected chi connectivity index (χ1v) is 7.26. The molecule has 2 unspecified atom stereocenters. The molecule has 0 bridgehead atoms. The fourth-order valence-corrected chi connectivity index (χ4v) is 3.15. The Kier molecular flexibility index (Phi) is 4.92. The van der Waals surface area contributed by atoms with Crippen LogP contribution in [-0.4, -0.2) is 6.04 Å². The van der Waals surface area contributed by atoms with Crippen molar-refractivity contribution in [2.45, 2.75) is 52.1 Å². The first-order chi connectivity index (χ1) is 9.09. The van der Waals surface area contributed by atoms with Crippen LogP contribution >= 0.6 is 0 Å². The zero-order chi connectivity index (χ0) is 13.8. The number of halogens is 2. The first kappa shape index (κ1) is 14.4. The maximum absolute atomic E-state index is 13.6. The van der Waals surface area contributed by atoms with Gasteiger partial charge in [-0.05, 0) is 36.8 Å². The van der Waals surface area contributed by atoms with Crippen LogP contribution in [-0.2, 0) is 6.54 Å². The van der Waals surface area contributed by atoms with E-state index in [1.807, 2.05) is 0 Å². The lowest BCUT2D eigenvalue weighted by Gasteiger charge is -2.35. The predicted octanol–water partition coefficient (Wildman–Crippen LogP) is 4.27. The highest BCUT2D eigenvalue weighted by molar-refractivity contribution is 5.19. The van der Waals surface area contributed by atoms with Crippen LogP contribution in [0.3, 0.4) is 0 Å². The highest BCUT2D eigenvalue weighted by Crippen LogP contribution is 2.30. The third-order valence-corrected chi connectivity index (χ3v) is 4.28. The lowest BCUT2D eigenvalue weighted by molar-refractivity contribution is 0.203. The van der Waals surface area contributed by atoms with Gasteiger partial charge in [0.1, 0.15) is 11.6 Å². The second-order valence-corrected chi connectivity index (χ2v) is 5.88. The van der Waals surface area contributed by atoms with Crippen LogP contribution < -0.4 is 5.32 Å². The molecule has 1 fully saturated rings. The van der Waals surface area contributed by atoms with Crippen LogP contribution in [0.15, 0.2) is 18.2 Å². The molecule has 19 heavy (non-hydrogen) atoms. The number of nitrogens with one attached hydrogen (secondary N) is 1. The topological polar surface area (TPSA) is 12.0 Å². The molecular weight excluding hydrogens is 244 g/mol. The molecule has 1 aromatic carbocycles. The van der Waals surface area contributed by atoms with Gasteiger partial charge in [-0.15, -0.1) is 0 Å². The summed E-state index contributed by atoms with van der Waals surface area (Å²) < 4.78 is 27.2. The summed E-state index contributed by atoms with van der Waals surface area (Å²) in [7, 11) is 0. The van der Waals surface area contributed by atoms with Crippen LogP contribution in [0.2, 0.25) is 0 Å². The molecule has 2 atom stereocenters. The lowest BCUT2D eigenvalue weighted by Crippen LogP contribution is -2.40. The summed E-state index contributed by atoms with van der Waals surface area (Å²) in [4.78, 5) is 0. The lowest BCUT2D eigenvalue weighted by atomic mass is 9.78. The molecule has 0 aromatic heterocycles. The van der Waals surface area contributed by atoms with Crippen molar-refractivity contribution in [2.75, 3.05) is 0 Å². The molecule has 3 heteroatoms. The van der Waals surface area contributed by atoms with Crippen LogP contribution in [0.5, 0.6) is 0 Å². The van der Waals surface area contributed by atoms with Gasteiger partial charge in [0, 0.05) is 18.2 Å². The Labute approximate surface area is 114 Å². The zero-order valence-electron chi connectivity index (χ0n) is 11.8. The molecule has 2 rings (SSSR count). The van der Waals surface area contributed by atoms with E-state index < -0.39 is 11.6 Å². The average molecular weight is 267 g/mol. The van der Waals surface area contributed by atoms with E-state index in [0.717, 1.165) is 6.42 Å². The maximum atomic E-state index is 13.6. The number of hydrogen-bond donors (Lipinski definition) is 1. The van der Waals surface area contributed by atoms with E-state index in [1.54, 1.807) is 0 Å². The summed E-state index contributed by atoms with van der Waals surface area (Å²) in [6.45, 7) is 4.75. The normalized spacial score (nSPS) is 23.8. The number of rotatable bonds is 4.